The van der Waals surface area contributed by atoms with Crippen molar-refractivity contribution in [2.45, 2.75) is 19.1 Å². The molecule has 2 N–H and O–H groups in total. The Morgan fingerprint density at radius 1 is 1.53 bits per heavy atom. The van der Waals surface area contributed by atoms with Crippen molar-refractivity contribution in [3.63, 3.8) is 0 Å². The monoisotopic (exact) mass is 234 g/mol. The van der Waals surface area contributed by atoms with Gasteiger partial charge >= 0.3 is 0 Å². The molecule has 5 nitrogen and oxygen atoms in total. The van der Waals surface area contributed by atoms with Crippen molar-refractivity contribution >= 4 is 15.7 Å². The first kappa shape index (κ1) is 12.4. The zero-order chi connectivity index (χ0) is 11.5. The van der Waals surface area contributed by atoms with Crippen LogP contribution >= 0.6 is 0 Å². The number of amides is 1. The molecule has 0 spiro atoms. The van der Waals surface area contributed by atoms with Crippen LogP contribution in [0, 0.1) is 5.92 Å². The second-order valence-corrected chi connectivity index (χ2v) is 6.26. The largest absolute Gasteiger partial charge is 0.355 e. The Morgan fingerprint density at radius 3 is 2.53 bits per heavy atom. The Hall–Kier alpha value is -0.620. The van der Waals surface area contributed by atoms with E-state index in [0.717, 1.165) is 13.1 Å². The van der Waals surface area contributed by atoms with E-state index in [1.807, 2.05) is 0 Å². The van der Waals surface area contributed by atoms with Crippen LogP contribution in [0.1, 0.15) is 13.8 Å². The predicted molar refractivity (Wildman–Crippen MR) is 58.3 cm³/mol. The molecular formula is C9H18N2O3S. The van der Waals surface area contributed by atoms with Crippen LogP contribution in [0.4, 0.5) is 0 Å². The van der Waals surface area contributed by atoms with Crippen molar-refractivity contribution in [1.29, 1.82) is 0 Å². The Balaban J connectivity index is 2.55. The number of hydrogen-bond donors (Lipinski definition) is 2. The van der Waals surface area contributed by atoms with Crippen LogP contribution in [-0.4, -0.2) is 45.0 Å². The zero-order valence-corrected chi connectivity index (χ0v) is 9.93. The summed E-state index contributed by atoms with van der Waals surface area (Å²) in [7, 11) is -3.29. The van der Waals surface area contributed by atoms with Crippen LogP contribution in [0.25, 0.3) is 0 Å². The fourth-order valence-corrected chi connectivity index (χ4v) is 3.01. The van der Waals surface area contributed by atoms with Crippen LogP contribution in [0.5, 0.6) is 0 Å². The maximum Gasteiger partial charge on any atom is 0.238 e. The molecule has 0 radical (unpaired) electrons. The fourth-order valence-electron chi connectivity index (χ4n) is 1.42. The molecule has 1 amide bonds. The van der Waals surface area contributed by atoms with E-state index in [1.165, 1.54) is 6.92 Å². The minimum absolute atomic E-state index is 0.109. The molecule has 1 heterocycles. The van der Waals surface area contributed by atoms with Crippen LogP contribution in [-0.2, 0) is 14.6 Å². The molecule has 1 atom stereocenters. The third-order valence-electron chi connectivity index (χ3n) is 2.59. The molecular weight excluding hydrogens is 216 g/mol. The molecule has 1 unspecified atom stereocenters. The molecule has 1 saturated heterocycles. The molecule has 0 bridgehead atoms. The quantitative estimate of drug-likeness (QED) is 0.649. The Labute approximate surface area is 90.5 Å². The smallest absolute Gasteiger partial charge is 0.238 e. The van der Waals surface area contributed by atoms with Crippen molar-refractivity contribution in [3.8, 4) is 0 Å². The molecule has 15 heavy (non-hydrogen) atoms. The van der Waals surface area contributed by atoms with Crippen LogP contribution < -0.4 is 10.6 Å². The van der Waals surface area contributed by atoms with Crippen molar-refractivity contribution in [2.75, 3.05) is 25.4 Å². The second-order valence-electron chi connectivity index (χ2n) is 3.89. The minimum atomic E-state index is -3.29. The van der Waals surface area contributed by atoms with Gasteiger partial charge in [0, 0.05) is 19.6 Å². The number of nitrogens with one attached hydrogen (secondary N) is 2. The topological polar surface area (TPSA) is 75.3 Å². The lowest BCUT2D eigenvalue weighted by Crippen LogP contribution is -2.48. The van der Waals surface area contributed by atoms with E-state index >= 15 is 0 Å². The van der Waals surface area contributed by atoms with Gasteiger partial charge in [-0.3, -0.25) is 4.79 Å². The van der Waals surface area contributed by atoms with Gasteiger partial charge in [0.05, 0.1) is 5.75 Å². The summed E-state index contributed by atoms with van der Waals surface area (Å²) >= 11 is 0. The molecule has 1 aliphatic heterocycles. The minimum Gasteiger partial charge on any atom is -0.355 e. The van der Waals surface area contributed by atoms with E-state index in [-0.39, 0.29) is 11.7 Å². The predicted octanol–water partition coefficient (Wildman–Crippen LogP) is -0.855. The lowest BCUT2D eigenvalue weighted by Gasteiger charge is -2.27. The zero-order valence-electron chi connectivity index (χ0n) is 9.12. The van der Waals surface area contributed by atoms with E-state index in [0.29, 0.717) is 6.54 Å². The Morgan fingerprint density at radius 2 is 2.13 bits per heavy atom. The molecule has 0 aromatic rings. The summed E-state index contributed by atoms with van der Waals surface area (Å²) in [4.78, 5) is 11.4. The van der Waals surface area contributed by atoms with Gasteiger partial charge in [0.25, 0.3) is 0 Å². The standard InChI is InChI=1S/C9H18N2O3S/c1-3-11-9(12)7(2)15(13,14)6-8-4-10-5-8/h7-8,10H,3-6H2,1-2H3,(H,11,12). The fraction of sp³-hybridized carbons (Fsp3) is 0.889. The first-order valence-electron chi connectivity index (χ1n) is 5.17. The number of carbonyl (C=O) groups excluding carboxylic acids is 1. The normalized spacial score (nSPS) is 19.3. The SMILES string of the molecule is CCNC(=O)C(C)S(=O)(=O)CC1CNC1. The molecule has 0 saturated carbocycles. The summed E-state index contributed by atoms with van der Waals surface area (Å²) in [6, 6.07) is 0. The molecule has 6 heteroatoms. The van der Waals surface area contributed by atoms with Crippen molar-refractivity contribution in [1.82, 2.24) is 10.6 Å². The highest BCUT2D eigenvalue weighted by Gasteiger charge is 2.32. The van der Waals surface area contributed by atoms with Gasteiger partial charge in [-0.1, -0.05) is 0 Å². The number of sulfone groups is 1. The van der Waals surface area contributed by atoms with Gasteiger partial charge in [0.2, 0.25) is 5.91 Å². The third kappa shape index (κ3) is 3.17. The van der Waals surface area contributed by atoms with E-state index in [9.17, 15) is 13.2 Å². The first-order chi connectivity index (χ1) is 6.97. The molecule has 0 aliphatic carbocycles. The average Bonchev–Trinajstić information content (AvgIpc) is 2.11. The summed E-state index contributed by atoms with van der Waals surface area (Å²) in [5, 5.41) is 4.61. The van der Waals surface area contributed by atoms with E-state index in [1.54, 1.807) is 6.92 Å². The van der Waals surface area contributed by atoms with Gasteiger partial charge in [0.1, 0.15) is 5.25 Å². The average molecular weight is 234 g/mol. The van der Waals surface area contributed by atoms with Gasteiger partial charge in [-0.05, 0) is 19.8 Å². The van der Waals surface area contributed by atoms with Crippen LogP contribution in [0.15, 0.2) is 0 Å². The van der Waals surface area contributed by atoms with Gasteiger partial charge in [-0.25, -0.2) is 8.42 Å². The van der Waals surface area contributed by atoms with Gasteiger partial charge in [-0.2, -0.15) is 0 Å². The van der Waals surface area contributed by atoms with Gasteiger partial charge in [-0.15, -0.1) is 0 Å². The molecule has 0 aromatic heterocycles. The highest BCUT2D eigenvalue weighted by Crippen LogP contribution is 2.11. The molecule has 1 fully saturated rings. The summed E-state index contributed by atoms with van der Waals surface area (Å²) in [6.45, 7) is 5.16. The van der Waals surface area contributed by atoms with Crippen molar-refractivity contribution in [2.24, 2.45) is 5.92 Å². The van der Waals surface area contributed by atoms with E-state index in [2.05, 4.69) is 10.6 Å². The molecule has 1 rings (SSSR count). The van der Waals surface area contributed by atoms with E-state index in [4.69, 9.17) is 0 Å². The van der Waals surface area contributed by atoms with Gasteiger partial charge < -0.3 is 10.6 Å². The first-order valence-corrected chi connectivity index (χ1v) is 6.89. The molecule has 0 aromatic carbocycles. The third-order valence-corrected chi connectivity index (χ3v) is 4.82. The van der Waals surface area contributed by atoms with Crippen LogP contribution in [0.2, 0.25) is 0 Å². The number of hydrogen-bond acceptors (Lipinski definition) is 4. The summed E-state index contributed by atoms with van der Waals surface area (Å²) < 4.78 is 23.5. The number of rotatable bonds is 5. The maximum absolute atomic E-state index is 11.8. The van der Waals surface area contributed by atoms with Gasteiger partial charge in [0.15, 0.2) is 9.84 Å². The summed E-state index contributed by atoms with van der Waals surface area (Å²) in [5.41, 5.74) is 0. The molecule has 1 aliphatic rings. The van der Waals surface area contributed by atoms with E-state index < -0.39 is 21.0 Å². The molecule has 88 valence electrons. The maximum atomic E-state index is 11.8. The highest BCUT2D eigenvalue weighted by atomic mass is 32.2. The van der Waals surface area contributed by atoms with Crippen molar-refractivity contribution < 1.29 is 13.2 Å². The lowest BCUT2D eigenvalue weighted by atomic mass is 10.1. The summed E-state index contributed by atoms with van der Waals surface area (Å²) in [5.74, 6) is -0.116. The number of carbonyl (C=O) groups is 1. The van der Waals surface area contributed by atoms with Crippen LogP contribution in [0.3, 0.4) is 0 Å². The Kier molecular flexibility index (Phi) is 4.10. The summed E-state index contributed by atoms with van der Waals surface area (Å²) in [6.07, 6.45) is 0. The van der Waals surface area contributed by atoms with Crippen molar-refractivity contribution in [3.05, 3.63) is 0 Å². The second kappa shape index (κ2) is 4.94. The lowest BCUT2D eigenvalue weighted by molar-refractivity contribution is -0.120. The Bertz CT molecular complexity index is 322. The highest BCUT2D eigenvalue weighted by molar-refractivity contribution is 7.92.